The van der Waals surface area contributed by atoms with Gasteiger partial charge in [0.15, 0.2) is 0 Å². The van der Waals surface area contributed by atoms with E-state index in [9.17, 15) is 5.11 Å². The second-order valence-electron chi connectivity index (χ2n) is 4.55. The van der Waals surface area contributed by atoms with Crippen LogP contribution in [0, 0.1) is 0 Å². The Balaban J connectivity index is 0.00000147. The molecule has 0 aliphatic heterocycles. The molecule has 106 valence electrons. The summed E-state index contributed by atoms with van der Waals surface area (Å²) in [6, 6.07) is 13.9. The summed E-state index contributed by atoms with van der Waals surface area (Å²) in [7, 11) is 0. The molecule has 0 aliphatic rings. The first-order valence-corrected chi connectivity index (χ1v) is 6.30. The molecule has 4 N–H and O–H groups in total. The van der Waals surface area contributed by atoms with Crippen molar-refractivity contribution in [1.82, 2.24) is 4.98 Å². The predicted octanol–water partition coefficient (Wildman–Crippen LogP) is 2.66. The lowest BCUT2D eigenvalue weighted by Gasteiger charge is -2.11. The Morgan fingerprint density at radius 3 is 2.65 bits per heavy atom. The molecule has 0 aliphatic carbocycles. The van der Waals surface area contributed by atoms with Crippen LogP contribution in [0.1, 0.15) is 7.43 Å². The fourth-order valence-electron chi connectivity index (χ4n) is 2.24. The van der Waals surface area contributed by atoms with Gasteiger partial charge in [-0.3, -0.25) is 0 Å². The average Bonchev–Trinajstić information content (AvgIpc) is 2.83. The number of rotatable bonds is 4. The number of ether oxygens (including phenoxy) is 1. The van der Waals surface area contributed by atoms with Gasteiger partial charge in [0.05, 0.1) is 5.52 Å². The van der Waals surface area contributed by atoms with E-state index in [0.717, 1.165) is 27.6 Å². The fraction of sp³-hybridized carbons (Fsp3) is 0.250. The molecule has 0 unspecified atom stereocenters. The lowest BCUT2D eigenvalue weighted by atomic mass is 10.1. The fourth-order valence-corrected chi connectivity index (χ4v) is 2.24. The highest BCUT2D eigenvalue weighted by Gasteiger charge is 2.10. The normalized spacial score (nSPS) is 12.3. The average molecular weight is 272 g/mol. The minimum absolute atomic E-state index is 0. The molecule has 1 heterocycles. The second-order valence-corrected chi connectivity index (χ2v) is 4.55. The Kier molecular flexibility index (Phi) is 4.27. The van der Waals surface area contributed by atoms with Crippen LogP contribution in [0.5, 0.6) is 5.75 Å². The maximum atomic E-state index is 9.50. The van der Waals surface area contributed by atoms with E-state index in [2.05, 4.69) is 11.1 Å². The summed E-state index contributed by atoms with van der Waals surface area (Å²) in [6.07, 6.45) is -0.638. The Morgan fingerprint density at radius 2 is 1.85 bits per heavy atom. The Bertz CT molecular complexity index is 706. The monoisotopic (exact) mass is 272 g/mol. The minimum atomic E-state index is -0.638. The SMILES string of the molecule is C.NC[C@H](O)COc1cccc2[nH]c3ccccc3c12. The zero-order valence-corrected chi connectivity index (χ0v) is 10.5. The van der Waals surface area contributed by atoms with E-state index in [-0.39, 0.29) is 20.6 Å². The number of nitrogens with one attached hydrogen (secondary N) is 1. The maximum Gasteiger partial charge on any atom is 0.129 e. The number of aromatic nitrogens is 1. The molecule has 0 fully saturated rings. The van der Waals surface area contributed by atoms with Crippen molar-refractivity contribution in [2.45, 2.75) is 13.5 Å². The molecule has 3 rings (SSSR count). The van der Waals surface area contributed by atoms with Gasteiger partial charge in [-0.2, -0.15) is 0 Å². The van der Waals surface area contributed by atoms with Gasteiger partial charge < -0.3 is 20.6 Å². The number of nitrogens with two attached hydrogens (primary N) is 1. The lowest BCUT2D eigenvalue weighted by Crippen LogP contribution is -2.26. The van der Waals surface area contributed by atoms with E-state index < -0.39 is 6.10 Å². The van der Waals surface area contributed by atoms with Gasteiger partial charge in [0.25, 0.3) is 0 Å². The molecule has 2 aromatic carbocycles. The molecular weight excluding hydrogens is 252 g/mol. The van der Waals surface area contributed by atoms with Crippen LogP contribution >= 0.6 is 0 Å². The maximum absolute atomic E-state index is 9.50. The Labute approximate surface area is 118 Å². The quantitative estimate of drug-likeness (QED) is 0.683. The lowest BCUT2D eigenvalue weighted by molar-refractivity contribution is 0.115. The number of hydrogen-bond donors (Lipinski definition) is 3. The van der Waals surface area contributed by atoms with E-state index in [4.69, 9.17) is 10.5 Å². The van der Waals surface area contributed by atoms with Crippen molar-refractivity contribution in [1.29, 1.82) is 0 Å². The van der Waals surface area contributed by atoms with Crippen LogP contribution in [0.4, 0.5) is 0 Å². The van der Waals surface area contributed by atoms with Crippen LogP contribution in [0.15, 0.2) is 42.5 Å². The van der Waals surface area contributed by atoms with Gasteiger partial charge in [-0.05, 0) is 18.2 Å². The third kappa shape index (κ3) is 2.48. The third-order valence-corrected chi connectivity index (χ3v) is 3.20. The summed E-state index contributed by atoms with van der Waals surface area (Å²) < 4.78 is 5.69. The number of benzene rings is 2. The first-order valence-electron chi connectivity index (χ1n) is 6.30. The van der Waals surface area contributed by atoms with Gasteiger partial charge in [-0.1, -0.05) is 31.7 Å². The number of H-pyrrole nitrogens is 1. The largest absolute Gasteiger partial charge is 0.490 e. The molecule has 20 heavy (non-hydrogen) atoms. The summed E-state index contributed by atoms with van der Waals surface area (Å²) >= 11 is 0. The first-order chi connectivity index (χ1) is 9.29. The van der Waals surface area contributed by atoms with Crippen molar-refractivity contribution < 1.29 is 9.84 Å². The van der Waals surface area contributed by atoms with Crippen molar-refractivity contribution in [3.8, 4) is 5.75 Å². The second kappa shape index (κ2) is 5.94. The van der Waals surface area contributed by atoms with Crippen LogP contribution in [0.2, 0.25) is 0 Å². The molecule has 3 aromatic rings. The summed E-state index contributed by atoms with van der Waals surface area (Å²) in [5.41, 5.74) is 7.49. The van der Waals surface area contributed by atoms with E-state index in [1.54, 1.807) is 0 Å². The zero-order chi connectivity index (χ0) is 13.2. The highest BCUT2D eigenvalue weighted by atomic mass is 16.5. The summed E-state index contributed by atoms with van der Waals surface area (Å²) in [4.78, 5) is 3.35. The number of aliphatic hydroxyl groups excluding tert-OH is 1. The van der Waals surface area contributed by atoms with E-state index in [0.29, 0.717) is 0 Å². The molecule has 4 heteroatoms. The molecule has 0 radical (unpaired) electrons. The molecule has 0 saturated heterocycles. The van der Waals surface area contributed by atoms with Gasteiger partial charge in [0.2, 0.25) is 0 Å². The standard InChI is InChI=1S/C15H16N2O2.CH4/c16-8-10(18)9-19-14-7-3-6-13-15(14)11-4-1-2-5-12(11)17-13;/h1-7,10,17-18H,8-9,16H2;1H4/t10-;/m0./s1. The van der Waals surface area contributed by atoms with Gasteiger partial charge >= 0.3 is 0 Å². The molecular formula is C16H20N2O2. The molecule has 0 amide bonds. The van der Waals surface area contributed by atoms with E-state index in [1.807, 2.05) is 36.4 Å². The van der Waals surface area contributed by atoms with Crippen LogP contribution < -0.4 is 10.5 Å². The zero-order valence-electron chi connectivity index (χ0n) is 10.5. The van der Waals surface area contributed by atoms with Crippen molar-refractivity contribution in [2.75, 3.05) is 13.2 Å². The van der Waals surface area contributed by atoms with Crippen LogP contribution in [-0.4, -0.2) is 29.3 Å². The Morgan fingerprint density at radius 1 is 1.10 bits per heavy atom. The van der Waals surface area contributed by atoms with Gasteiger partial charge in [-0.15, -0.1) is 0 Å². The van der Waals surface area contributed by atoms with Gasteiger partial charge in [0.1, 0.15) is 18.5 Å². The van der Waals surface area contributed by atoms with Crippen molar-refractivity contribution in [3.63, 3.8) is 0 Å². The number of aromatic amines is 1. The van der Waals surface area contributed by atoms with Crippen molar-refractivity contribution >= 4 is 21.8 Å². The number of fused-ring (bicyclic) bond motifs is 3. The molecule has 1 aromatic heterocycles. The smallest absolute Gasteiger partial charge is 0.129 e. The van der Waals surface area contributed by atoms with Crippen LogP contribution in [0.3, 0.4) is 0 Å². The topological polar surface area (TPSA) is 71.3 Å². The van der Waals surface area contributed by atoms with E-state index >= 15 is 0 Å². The third-order valence-electron chi connectivity index (χ3n) is 3.20. The molecule has 0 spiro atoms. The number of aliphatic hydroxyl groups is 1. The summed E-state index contributed by atoms with van der Waals surface area (Å²) in [5.74, 6) is 0.766. The molecule has 0 bridgehead atoms. The summed E-state index contributed by atoms with van der Waals surface area (Å²) in [5, 5.41) is 11.7. The number of hydrogen-bond acceptors (Lipinski definition) is 3. The molecule has 4 nitrogen and oxygen atoms in total. The van der Waals surface area contributed by atoms with E-state index in [1.165, 1.54) is 0 Å². The molecule has 0 saturated carbocycles. The highest BCUT2D eigenvalue weighted by molar-refractivity contribution is 6.10. The predicted molar refractivity (Wildman–Crippen MR) is 83.1 cm³/mol. The molecule has 1 atom stereocenters. The summed E-state index contributed by atoms with van der Waals surface area (Å²) in [6.45, 7) is 0.402. The number of para-hydroxylation sites is 1. The van der Waals surface area contributed by atoms with Crippen LogP contribution in [-0.2, 0) is 0 Å². The Hall–Kier alpha value is -2.04. The minimum Gasteiger partial charge on any atom is -0.490 e. The van der Waals surface area contributed by atoms with Gasteiger partial charge in [0, 0.05) is 22.8 Å². The van der Waals surface area contributed by atoms with Gasteiger partial charge in [-0.25, -0.2) is 0 Å². The van der Waals surface area contributed by atoms with Crippen LogP contribution in [0.25, 0.3) is 21.8 Å². The van der Waals surface area contributed by atoms with Crippen molar-refractivity contribution in [3.05, 3.63) is 42.5 Å². The van der Waals surface area contributed by atoms with Crippen molar-refractivity contribution in [2.24, 2.45) is 5.73 Å². The first kappa shape index (κ1) is 14.4. The highest BCUT2D eigenvalue weighted by Crippen LogP contribution is 2.32.